The summed E-state index contributed by atoms with van der Waals surface area (Å²) in [5, 5.41) is 0. The third kappa shape index (κ3) is 1.89. The number of ether oxygens (including phenoxy) is 1. The van der Waals surface area contributed by atoms with Gasteiger partial charge in [0.05, 0.1) is 6.10 Å². The molecule has 1 aliphatic carbocycles. The van der Waals surface area contributed by atoms with E-state index in [4.69, 9.17) is 4.74 Å². The van der Waals surface area contributed by atoms with Crippen molar-refractivity contribution in [3.8, 4) is 0 Å². The Balaban J connectivity index is 1.76. The minimum atomic E-state index is 0.361. The van der Waals surface area contributed by atoms with Gasteiger partial charge in [0.25, 0.3) is 0 Å². The van der Waals surface area contributed by atoms with E-state index in [0.717, 1.165) is 31.2 Å². The van der Waals surface area contributed by atoms with E-state index in [-0.39, 0.29) is 0 Å². The molecule has 1 saturated carbocycles. The van der Waals surface area contributed by atoms with Crippen LogP contribution in [0.3, 0.4) is 0 Å². The minimum Gasteiger partial charge on any atom is -0.380 e. The van der Waals surface area contributed by atoms with Crippen LogP contribution in [0.25, 0.3) is 0 Å². The Kier molecular flexibility index (Phi) is 2.52. The first-order valence-corrected chi connectivity index (χ1v) is 5.97. The summed E-state index contributed by atoms with van der Waals surface area (Å²) in [6.07, 6.45) is 5.85. The fourth-order valence-corrected chi connectivity index (χ4v) is 2.21. The summed E-state index contributed by atoms with van der Waals surface area (Å²) < 4.78 is 5.37. The topological polar surface area (TPSA) is 38.2 Å². The van der Waals surface area contributed by atoms with E-state index >= 15 is 0 Å². The predicted molar refractivity (Wildman–Crippen MR) is 61.6 cm³/mol. The van der Waals surface area contributed by atoms with Crippen LogP contribution in [0.5, 0.6) is 0 Å². The maximum atomic E-state index is 5.37. The Morgan fingerprint density at radius 2 is 2.25 bits per heavy atom. The molecule has 1 aromatic heterocycles. The SMILES string of the molecule is COC1CCN(c2ccnc(C3CC3)n2)C1. The molecule has 1 saturated heterocycles. The van der Waals surface area contributed by atoms with E-state index in [2.05, 4.69) is 14.9 Å². The van der Waals surface area contributed by atoms with Crippen molar-refractivity contribution in [2.24, 2.45) is 0 Å². The van der Waals surface area contributed by atoms with Gasteiger partial charge in [-0.1, -0.05) is 0 Å². The molecule has 0 aromatic carbocycles. The van der Waals surface area contributed by atoms with Crippen LogP contribution in [-0.2, 0) is 4.74 Å². The lowest BCUT2D eigenvalue weighted by molar-refractivity contribution is 0.121. The van der Waals surface area contributed by atoms with Crippen LogP contribution in [0.15, 0.2) is 12.3 Å². The first kappa shape index (κ1) is 10.0. The second-order valence-corrected chi connectivity index (χ2v) is 4.64. The van der Waals surface area contributed by atoms with E-state index < -0.39 is 0 Å². The van der Waals surface area contributed by atoms with Crippen LogP contribution in [0.2, 0.25) is 0 Å². The molecule has 2 fully saturated rings. The molecule has 1 unspecified atom stereocenters. The predicted octanol–water partition coefficient (Wildman–Crippen LogP) is 1.58. The first-order chi connectivity index (χ1) is 7.86. The molecule has 4 heteroatoms. The van der Waals surface area contributed by atoms with Crippen molar-refractivity contribution in [2.45, 2.75) is 31.3 Å². The highest BCUT2D eigenvalue weighted by Gasteiger charge is 2.28. The molecule has 1 aromatic rings. The van der Waals surface area contributed by atoms with E-state index in [1.165, 1.54) is 12.8 Å². The molecule has 1 atom stereocenters. The fraction of sp³-hybridized carbons (Fsp3) is 0.667. The highest BCUT2D eigenvalue weighted by atomic mass is 16.5. The monoisotopic (exact) mass is 219 g/mol. The summed E-state index contributed by atoms with van der Waals surface area (Å²) in [5.74, 6) is 2.72. The summed E-state index contributed by atoms with van der Waals surface area (Å²) in [7, 11) is 1.78. The second kappa shape index (κ2) is 4.01. The van der Waals surface area contributed by atoms with Gasteiger partial charge in [0.1, 0.15) is 11.6 Å². The van der Waals surface area contributed by atoms with Crippen molar-refractivity contribution in [1.29, 1.82) is 0 Å². The zero-order chi connectivity index (χ0) is 11.0. The summed E-state index contributed by atoms with van der Waals surface area (Å²) >= 11 is 0. The highest BCUT2D eigenvalue weighted by molar-refractivity contribution is 5.39. The van der Waals surface area contributed by atoms with E-state index in [1.54, 1.807) is 7.11 Å². The highest BCUT2D eigenvalue weighted by Crippen LogP contribution is 2.38. The van der Waals surface area contributed by atoms with Gasteiger partial charge < -0.3 is 9.64 Å². The first-order valence-electron chi connectivity index (χ1n) is 5.97. The standard InChI is InChI=1S/C12H17N3O/c1-16-10-5-7-15(8-10)11-4-6-13-12(14-11)9-2-3-9/h4,6,9-10H,2-3,5,7-8H2,1H3. The van der Waals surface area contributed by atoms with Gasteiger partial charge in [0.15, 0.2) is 0 Å². The molecule has 0 bridgehead atoms. The van der Waals surface area contributed by atoms with Crippen LogP contribution in [0.4, 0.5) is 5.82 Å². The van der Waals surface area contributed by atoms with Crippen LogP contribution >= 0.6 is 0 Å². The molecular formula is C12H17N3O. The minimum absolute atomic E-state index is 0.361. The number of hydrogen-bond donors (Lipinski definition) is 0. The quantitative estimate of drug-likeness (QED) is 0.773. The van der Waals surface area contributed by atoms with Gasteiger partial charge in [-0.25, -0.2) is 9.97 Å². The van der Waals surface area contributed by atoms with Crippen molar-refractivity contribution in [1.82, 2.24) is 9.97 Å². The molecule has 0 N–H and O–H groups in total. The fourth-order valence-electron chi connectivity index (χ4n) is 2.21. The summed E-state index contributed by atoms with van der Waals surface area (Å²) in [4.78, 5) is 11.3. The van der Waals surface area contributed by atoms with Crippen LogP contribution in [0.1, 0.15) is 31.0 Å². The normalized spacial score (nSPS) is 25.1. The number of aromatic nitrogens is 2. The maximum Gasteiger partial charge on any atom is 0.133 e. The van der Waals surface area contributed by atoms with Gasteiger partial charge in [0, 0.05) is 32.3 Å². The molecule has 0 amide bonds. The Bertz CT molecular complexity index is 378. The molecule has 0 radical (unpaired) electrons. The van der Waals surface area contributed by atoms with Crippen molar-refractivity contribution < 1.29 is 4.74 Å². The van der Waals surface area contributed by atoms with Crippen molar-refractivity contribution in [2.75, 3.05) is 25.1 Å². The van der Waals surface area contributed by atoms with Gasteiger partial charge in [-0.2, -0.15) is 0 Å². The second-order valence-electron chi connectivity index (χ2n) is 4.64. The van der Waals surface area contributed by atoms with Crippen LogP contribution in [-0.4, -0.2) is 36.3 Å². The molecule has 4 nitrogen and oxygen atoms in total. The molecule has 1 aliphatic heterocycles. The number of rotatable bonds is 3. The van der Waals surface area contributed by atoms with E-state index in [9.17, 15) is 0 Å². The lowest BCUT2D eigenvalue weighted by atomic mass is 10.3. The lowest BCUT2D eigenvalue weighted by Crippen LogP contribution is -2.23. The van der Waals surface area contributed by atoms with Crippen LogP contribution in [0, 0.1) is 0 Å². The third-order valence-electron chi connectivity index (χ3n) is 3.40. The molecule has 0 spiro atoms. The van der Waals surface area contributed by atoms with Gasteiger partial charge in [-0.05, 0) is 25.3 Å². The smallest absolute Gasteiger partial charge is 0.133 e. The number of hydrogen-bond acceptors (Lipinski definition) is 4. The Morgan fingerprint density at radius 1 is 1.38 bits per heavy atom. The molecule has 86 valence electrons. The van der Waals surface area contributed by atoms with Crippen molar-refractivity contribution in [3.63, 3.8) is 0 Å². The third-order valence-corrected chi connectivity index (χ3v) is 3.40. The maximum absolute atomic E-state index is 5.37. The number of methoxy groups -OCH3 is 1. The van der Waals surface area contributed by atoms with Crippen molar-refractivity contribution in [3.05, 3.63) is 18.1 Å². The molecule has 16 heavy (non-hydrogen) atoms. The Hall–Kier alpha value is -1.16. The van der Waals surface area contributed by atoms with E-state index in [0.29, 0.717) is 12.0 Å². The molecule has 2 aliphatic rings. The summed E-state index contributed by atoms with van der Waals surface area (Å²) in [6, 6.07) is 2.00. The van der Waals surface area contributed by atoms with Gasteiger partial charge >= 0.3 is 0 Å². The number of anilines is 1. The van der Waals surface area contributed by atoms with Gasteiger partial charge in [-0.3, -0.25) is 0 Å². The lowest BCUT2D eigenvalue weighted by Gasteiger charge is -2.17. The zero-order valence-electron chi connectivity index (χ0n) is 9.59. The zero-order valence-corrected chi connectivity index (χ0v) is 9.59. The van der Waals surface area contributed by atoms with Crippen LogP contribution < -0.4 is 4.90 Å². The molecule has 3 rings (SSSR count). The van der Waals surface area contributed by atoms with Crippen molar-refractivity contribution >= 4 is 5.82 Å². The average molecular weight is 219 g/mol. The average Bonchev–Trinajstić information content (AvgIpc) is 3.07. The van der Waals surface area contributed by atoms with Gasteiger partial charge in [0.2, 0.25) is 0 Å². The van der Waals surface area contributed by atoms with E-state index in [1.807, 2.05) is 12.3 Å². The summed E-state index contributed by atoms with van der Waals surface area (Å²) in [6.45, 7) is 2.00. The summed E-state index contributed by atoms with van der Waals surface area (Å²) in [5.41, 5.74) is 0. The molecule has 2 heterocycles. The Morgan fingerprint density at radius 3 is 2.94 bits per heavy atom. The Labute approximate surface area is 95.7 Å². The largest absolute Gasteiger partial charge is 0.380 e. The van der Waals surface area contributed by atoms with Gasteiger partial charge in [-0.15, -0.1) is 0 Å². The number of nitrogens with zero attached hydrogens (tertiary/aromatic N) is 3. The molecular weight excluding hydrogens is 202 g/mol.